The average Bonchev–Trinajstić information content (AvgIpc) is 2.43. The van der Waals surface area contributed by atoms with Gasteiger partial charge in [0.2, 0.25) is 0 Å². The quantitative estimate of drug-likeness (QED) is 0.446. The topological polar surface area (TPSA) is 101 Å². The Hall–Kier alpha value is -1.70. The molecule has 0 radical (unpaired) electrons. The zero-order valence-corrected chi connectivity index (χ0v) is 10.3. The third-order valence-corrected chi connectivity index (χ3v) is 2.37. The van der Waals surface area contributed by atoms with E-state index in [1.165, 1.54) is 11.1 Å². The van der Waals surface area contributed by atoms with Gasteiger partial charge in [-0.25, -0.2) is 4.98 Å². The number of aliphatic hydroxyl groups is 1. The SMILES string of the molecule is COCCN(CCO)C(=O)c1ccc(NN)cn1. The second kappa shape index (κ2) is 7.59. The molecule has 1 amide bonds. The number of nitrogen functional groups attached to an aromatic ring is 1. The number of hydrazine groups is 1. The lowest BCUT2D eigenvalue weighted by Crippen LogP contribution is -2.36. The number of amides is 1. The number of methoxy groups -OCH3 is 1. The fraction of sp³-hybridized carbons (Fsp3) is 0.455. The number of pyridine rings is 1. The molecule has 0 aliphatic carbocycles. The maximum atomic E-state index is 12.1. The van der Waals surface area contributed by atoms with Gasteiger partial charge in [0.25, 0.3) is 5.91 Å². The molecule has 0 unspecified atom stereocenters. The molecule has 100 valence electrons. The van der Waals surface area contributed by atoms with Gasteiger partial charge in [0.15, 0.2) is 0 Å². The van der Waals surface area contributed by atoms with Crippen LogP contribution in [-0.4, -0.2) is 54.3 Å². The van der Waals surface area contributed by atoms with E-state index in [1.54, 1.807) is 19.2 Å². The van der Waals surface area contributed by atoms with Gasteiger partial charge in [0, 0.05) is 20.2 Å². The summed E-state index contributed by atoms with van der Waals surface area (Å²) >= 11 is 0. The molecule has 1 heterocycles. The number of aliphatic hydroxyl groups excluding tert-OH is 1. The predicted molar refractivity (Wildman–Crippen MR) is 66.9 cm³/mol. The molecule has 0 fully saturated rings. The van der Waals surface area contributed by atoms with Crippen molar-refractivity contribution in [3.8, 4) is 0 Å². The summed E-state index contributed by atoms with van der Waals surface area (Å²) in [7, 11) is 1.56. The van der Waals surface area contributed by atoms with Crippen LogP contribution in [0.3, 0.4) is 0 Å². The lowest BCUT2D eigenvalue weighted by Gasteiger charge is -2.20. The summed E-state index contributed by atoms with van der Waals surface area (Å²) in [6.07, 6.45) is 1.47. The van der Waals surface area contributed by atoms with Crippen molar-refractivity contribution in [3.63, 3.8) is 0 Å². The van der Waals surface area contributed by atoms with Crippen LogP contribution in [0.15, 0.2) is 18.3 Å². The molecule has 1 aromatic rings. The van der Waals surface area contributed by atoms with Crippen LogP contribution in [0, 0.1) is 0 Å². The zero-order valence-electron chi connectivity index (χ0n) is 10.3. The van der Waals surface area contributed by atoms with Gasteiger partial charge in [0.1, 0.15) is 5.69 Å². The minimum atomic E-state index is -0.246. The summed E-state index contributed by atoms with van der Waals surface area (Å²) in [5, 5.41) is 8.93. The fourth-order valence-corrected chi connectivity index (χ4v) is 1.40. The van der Waals surface area contributed by atoms with Gasteiger partial charge in [-0.3, -0.25) is 10.6 Å². The second-order valence-corrected chi connectivity index (χ2v) is 3.59. The van der Waals surface area contributed by atoms with Crippen LogP contribution in [0.4, 0.5) is 5.69 Å². The Balaban J connectivity index is 2.73. The highest BCUT2D eigenvalue weighted by atomic mass is 16.5. The number of ether oxygens (including phenoxy) is 1. The van der Waals surface area contributed by atoms with Crippen molar-refractivity contribution in [1.29, 1.82) is 0 Å². The Morgan fingerprint density at radius 3 is 2.83 bits per heavy atom. The van der Waals surface area contributed by atoms with Crippen molar-refractivity contribution in [1.82, 2.24) is 9.88 Å². The van der Waals surface area contributed by atoms with Crippen molar-refractivity contribution < 1.29 is 14.6 Å². The van der Waals surface area contributed by atoms with E-state index < -0.39 is 0 Å². The molecule has 0 saturated carbocycles. The maximum Gasteiger partial charge on any atom is 0.272 e. The van der Waals surface area contributed by atoms with Gasteiger partial charge >= 0.3 is 0 Å². The average molecular weight is 254 g/mol. The van der Waals surface area contributed by atoms with E-state index in [2.05, 4.69) is 10.4 Å². The molecule has 1 aromatic heterocycles. The number of aromatic nitrogens is 1. The van der Waals surface area contributed by atoms with Crippen LogP contribution in [-0.2, 0) is 4.74 Å². The van der Waals surface area contributed by atoms with E-state index in [1.807, 2.05) is 0 Å². The Morgan fingerprint density at radius 2 is 2.33 bits per heavy atom. The number of hydrogen-bond acceptors (Lipinski definition) is 6. The van der Waals surface area contributed by atoms with Crippen molar-refractivity contribution in [2.45, 2.75) is 0 Å². The van der Waals surface area contributed by atoms with E-state index in [4.69, 9.17) is 15.7 Å². The Bertz CT molecular complexity index is 369. The highest BCUT2D eigenvalue weighted by Crippen LogP contribution is 2.07. The van der Waals surface area contributed by atoms with Crippen molar-refractivity contribution >= 4 is 11.6 Å². The van der Waals surface area contributed by atoms with Gasteiger partial charge < -0.3 is 20.2 Å². The van der Waals surface area contributed by atoms with Gasteiger partial charge in [-0.2, -0.15) is 0 Å². The van der Waals surface area contributed by atoms with Gasteiger partial charge in [-0.15, -0.1) is 0 Å². The molecule has 0 aliphatic heterocycles. The summed E-state index contributed by atoms with van der Waals surface area (Å²) in [4.78, 5) is 17.6. The molecule has 7 heteroatoms. The van der Waals surface area contributed by atoms with E-state index in [0.717, 1.165) is 0 Å². The molecule has 4 N–H and O–H groups in total. The first-order chi connectivity index (χ1) is 8.72. The van der Waals surface area contributed by atoms with Crippen molar-refractivity contribution in [3.05, 3.63) is 24.0 Å². The first kappa shape index (κ1) is 14.4. The summed E-state index contributed by atoms with van der Waals surface area (Å²) in [5.41, 5.74) is 3.36. The maximum absolute atomic E-state index is 12.1. The summed E-state index contributed by atoms with van der Waals surface area (Å²) in [6, 6.07) is 3.24. The Morgan fingerprint density at radius 1 is 1.56 bits per heavy atom. The molecule has 0 spiro atoms. The molecule has 0 aromatic carbocycles. The number of nitrogens with zero attached hydrogens (tertiary/aromatic N) is 2. The van der Waals surface area contributed by atoms with E-state index in [9.17, 15) is 4.79 Å². The Labute approximate surface area is 106 Å². The molecular weight excluding hydrogens is 236 g/mol. The summed E-state index contributed by atoms with van der Waals surface area (Å²) in [6.45, 7) is 0.974. The van der Waals surface area contributed by atoms with E-state index in [0.29, 0.717) is 24.5 Å². The second-order valence-electron chi connectivity index (χ2n) is 3.59. The minimum Gasteiger partial charge on any atom is -0.395 e. The largest absolute Gasteiger partial charge is 0.395 e. The lowest BCUT2D eigenvalue weighted by molar-refractivity contribution is 0.0651. The van der Waals surface area contributed by atoms with E-state index in [-0.39, 0.29) is 19.1 Å². The fourth-order valence-electron chi connectivity index (χ4n) is 1.40. The lowest BCUT2D eigenvalue weighted by atomic mass is 10.3. The number of rotatable bonds is 7. The first-order valence-electron chi connectivity index (χ1n) is 5.54. The van der Waals surface area contributed by atoms with Crippen LogP contribution in [0.1, 0.15) is 10.5 Å². The summed E-state index contributed by atoms with van der Waals surface area (Å²) in [5.74, 6) is 4.97. The van der Waals surface area contributed by atoms with Crippen LogP contribution in [0.2, 0.25) is 0 Å². The molecule has 0 atom stereocenters. The zero-order chi connectivity index (χ0) is 13.4. The Kier molecular flexibility index (Phi) is 6.06. The highest BCUT2D eigenvalue weighted by Gasteiger charge is 2.16. The molecular formula is C11H18N4O3. The normalized spacial score (nSPS) is 10.2. The molecule has 7 nitrogen and oxygen atoms in total. The number of nitrogens with two attached hydrogens (primary N) is 1. The van der Waals surface area contributed by atoms with Crippen molar-refractivity contribution in [2.24, 2.45) is 5.84 Å². The van der Waals surface area contributed by atoms with Crippen LogP contribution >= 0.6 is 0 Å². The van der Waals surface area contributed by atoms with Gasteiger partial charge in [-0.05, 0) is 12.1 Å². The third-order valence-electron chi connectivity index (χ3n) is 2.37. The number of carbonyl (C=O) groups is 1. The standard InChI is InChI=1S/C11H18N4O3/c1-18-7-5-15(4-6-16)11(17)10-3-2-9(14-12)8-13-10/h2-3,8,14,16H,4-7,12H2,1H3. The number of nitrogens with one attached hydrogen (secondary N) is 1. The van der Waals surface area contributed by atoms with Gasteiger partial charge in [0.05, 0.1) is 25.1 Å². The van der Waals surface area contributed by atoms with Crippen LogP contribution < -0.4 is 11.3 Å². The number of anilines is 1. The first-order valence-corrected chi connectivity index (χ1v) is 5.54. The molecule has 18 heavy (non-hydrogen) atoms. The van der Waals surface area contributed by atoms with Crippen molar-refractivity contribution in [2.75, 3.05) is 38.8 Å². The predicted octanol–water partition coefficient (Wildman–Crippen LogP) is -0.552. The summed E-state index contributed by atoms with van der Waals surface area (Å²) < 4.78 is 4.92. The van der Waals surface area contributed by atoms with Crippen LogP contribution in [0.25, 0.3) is 0 Å². The third kappa shape index (κ3) is 3.95. The van der Waals surface area contributed by atoms with E-state index >= 15 is 0 Å². The smallest absolute Gasteiger partial charge is 0.272 e. The minimum absolute atomic E-state index is 0.0993. The number of carbonyl (C=O) groups excluding carboxylic acids is 1. The number of hydrogen-bond donors (Lipinski definition) is 3. The van der Waals surface area contributed by atoms with Gasteiger partial charge in [-0.1, -0.05) is 0 Å². The molecule has 0 saturated heterocycles. The van der Waals surface area contributed by atoms with Crippen LogP contribution in [0.5, 0.6) is 0 Å². The molecule has 0 aliphatic rings. The molecule has 0 bridgehead atoms. The monoisotopic (exact) mass is 254 g/mol. The molecule has 1 rings (SSSR count). The highest BCUT2D eigenvalue weighted by molar-refractivity contribution is 5.92.